The van der Waals surface area contributed by atoms with Gasteiger partial charge in [0.2, 0.25) is 5.91 Å². The lowest BCUT2D eigenvalue weighted by Gasteiger charge is -2.14. The van der Waals surface area contributed by atoms with Crippen LogP contribution in [0.2, 0.25) is 5.02 Å². The average Bonchev–Trinajstić information content (AvgIpc) is 3.30. The first-order valence-corrected chi connectivity index (χ1v) is 8.69. The van der Waals surface area contributed by atoms with Crippen LogP contribution in [0.4, 0.5) is 0 Å². The van der Waals surface area contributed by atoms with Crippen LogP contribution in [0.3, 0.4) is 0 Å². The molecule has 3 rings (SSSR count). The van der Waals surface area contributed by atoms with E-state index in [-0.39, 0.29) is 24.7 Å². The zero-order chi connectivity index (χ0) is 19.4. The molecular formula is C19H18ClNO6. The minimum atomic E-state index is -0.597. The lowest BCUT2D eigenvalue weighted by molar-refractivity contribution is -0.147. The number of furan rings is 1. The predicted octanol–water partition coefficient (Wildman–Crippen LogP) is 2.72. The van der Waals surface area contributed by atoms with Gasteiger partial charge in [-0.25, -0.2) is 0 Å². The second-order valence-electron chi connectivity index (χ2n) is 6.13. The number of methoxy groups -OCH3 is 1. The van der Waals surface area contributed by atoms with E-state index in [9.17, 15) is 14.4 Å². The van der Waals surface area contributed by atoms with Crippen molar-refractivity contribution in [2.45, 2.75) is 13.0 Å². The normalized spacial score (nSPS) is 16.4. The number of ether oxygens (including phenoxy) is 2. The summed E-state index contributed by atoms with van der Waals surface area (Å²) >= 11 is 5.99. The number of likely N-dealkylation sites (tertiary alicyclic amines) is 1. The van der Waals surface area contributed by atoms with Gasteiger partial charge in [-0.05, 0) is 30.3 Å². The summed E-state index contributed by atoms with van der Waals surface area (Å²) in [5.41, 5.74) is 0.315. The molecule has 2 aromatic rings. The SMILES string of the molecule is COc1ccc(C(=O)COC(=O)[C@H]2CC(=O)N(Cc3ccco3)C2)cc1Cl. The molecule has 2 heterocycles. The molecule has 0 saturated carbocycles. The largest absolute Gasteiger partial charge is 0.495 e. The average molecular weight is 392 g/mol. The fourth-order valence-electron chi connectivity index (χ4n) is 2.85. The third-order valence-corrected chi connectivity index (χ3v) is 4.59. The molecule has 1 amide bonds. The van der Waals surface area contributed by atoms with Crippen molar-refractivity contribution >= 4 is 29.3 Å². The van der Waals surface area contributed by atoms with E-state index in [0.29, 0.717) is 28.6 Å². The Morgan fingerprint density at radius 3 is 2.81 bits per heavy atom. The molecule has 1 fully saturated rings. The van der Waals surface area contributed by atoms with Crippen molar-refractivity contribution in [2.75, 3.05) is 20.3 Å². The summed E-state index contributed by atoms with van der Waals surface area (Å²) in [6.45, 7) is 0.129. The highest BCUT2D eigenvalue weighted by Crippen LogP contribution is 2.25. The fourth-order valence-corrected chi connectivity index (χ4v) is 3.11. The van der Waals surface area contributed by atoms with Crippen LogP contribution in [0.15, 0.2) is 41.0 Å². The van der Waals surface area contributed by atoms with Crippen LogP contribution in [0, 0.1) is 5.92 Å². The summed E-state index contributed by atoms with van der Waals surface area (Å²) in [6.07, 6.45) is 1.58. The Labute approximate surface area is 160 Å². The van der Waals surface area contributed by atoms with Crippen LogP contribution in [-0.2, 0) is 20.9 Å². The molecule has 1 aliphatic heterocycles. The highest BCUT2D eigenvalue weighted by molar-refractivity contribution is 6.32. The molecule has 0 N–H and O–H groups in total. The highest BCUT2D eigenvalue weighted by atomic mass is 35.5. The van der Waals surface area contributed by atoms with Crippen LogP contribution in [-0.4, -0.2) is 42.8 Å². The van der Waals surface area contributed by atoms with Crippen LogP contribution in [0.5, 0.6) is 5.75 Å². The smallest absolute Gasteiger partial charge is 0.311 e. The van der Waals surface area contributed by atoms with E-state index in [1.54, 1.807) is 24.3 Å². The second kappa shape index (κ2) is 8.26. The summed E-state index contributed by atoms with van der Waals surface area (Å²) in [5, 5.41) is 0.296. The third kappa shape index (κ3) is 4.49. The number of benzene rings is 1. The standard InChI is InChI=1S/C19H18ClNO6/c1-25-17-5-4-12(7-15(17)20)16(22)11-27-19(24)13-8-18(23)21(9-13)10-14-3-2-6-26-14/h2-7,13H,8-11H2,1H3/t13-/m0/s1. The van der Waals surface area contributed by atoms with E-state index in [0.717, 1.165) is 0 Å². The van der Waals surface area contributed by atoms with Gasteiger partial charge in [-0.15, -0.1) is 0 Å². The number of carbonyl (C=O) groups is 3. The maximum absolute atomic E-state index is 12.2. The maximum atomic E-state index is 12.2. The summed E-state index contributed by atoms with van der Waals surface area (Å²) in [5.74, 6) is -0.612. The first-order valence-electron chi connectivity index (χ1n) is 8.31. The van der Waals surface area contributed by atoms with Crippen LogP contribution in [0.25, 0.3) is 0 Å². The zero-order valence-corrected chi connectivity index (χ0v) is 15.4. The number of nitrogens with zero attached hydrogens (tertiary/aromatic N) is 1. The number of hydrogen-bond acceptors (Lipinski definition) is 6. The molecule has 1 aromatic carbocycles. The van der Waals surface area contributed by atoms with Crippen LogP contribution in [0.1, 0.15) is 22.5 Å². The predicted molar refractivity (Wildman–Crippen MR) is 95.5 cm³/mol. The number of rotatable bonds is 7. The lowest BCUT2D eigenvalue weighted by Crippen LogP contribution is -2.27. The number of ketones is 1. The maximum Gasteiger partial charge on any atom is 0.311 e. The van der Waals surface area contributed by atoms with Crippen LogP contribution < -0.4 is 4.74 Å². The molecule has 0 spiro atoms. The molecule has 142 valence electrons. The highest BCUT2D eigenvalue weighted by Gasteiger charge is 2.35. The molecule has 0 radical (unpaired) electrons. The molecule has 1 aromatic heterocycles. The van der Waals surface area contributed by atoms with Crippen molar-refractivity contribution < 1.29 is 28.3 Å². The molecule has 1 atom stereocenters. The van der Waals surface area contributed by atoms with E-state index in [2.05, 4.69) is 0 Å². The van der Waals surface area contributed by atoms with Gasteiger partial charge in [0.1, 0.15) is 11.5 Å². The summed E-state index contributed by atoms with van der Waals surface area (Å²) < 4.78 is 15.4. The van der Waals surface area contributed by atoms with E-state index in [1.165, 1.54) is 24.3 Å². The van der Waals surface area contributed by atoms with Crippen molar-refractivity contribution in [3.05, 3.63) is 52.9 Å². The molecular weight excluding hydrogens is 374 g/mol. The Morgan fingerprint density at radius 1 is 1.33 bits per heavy atom. The molecule has 0 unspecified atom stereocenters. The summed E-state index contributed by atoms with van der Waals surface area (Å²) in [4.78, 5) is 38.0. The van der Waals surface area contributed by atoms with Gasteiger partial charge in [0.15, 0.2) is 12.4 Å². The molecule has 7 nitrogen and oxygen atoms in total. The fraction of sp³-hybridized carbons (Fsp3) is 0.316. The monoisotopic (exact) mass is 391 g/mol. The minimum absolute atomic E-state index is 0.0576. The Morgan fingerprint density at radius 2 is 2.15 bits per heavy atom. The van der Waals surface area contributed by atoms with Gasteiger partial charge in [-0.3, -0.25) is 14.4 Å². The molecule has 8 heteroatoms. The van der Waals surface area contributed by atoms with Crippen molar-refractivity contribution in [1.82, 2.24) is 4.90 Å². The number of Topliss-reactive ketones (excluding diaryl/α,β-unsaturated/α-hetero) is 1. The minimum Gasteiger partial charge on any atom is -0.495 e. The van der Waals surface area contributed by atoms with Gasteiger partial charge in [-0.2, -0.15) is 0 Å². The van der Waals surface area contributed by atoms with Gasteiger partial charge in [-0.1, -0.05) is 11.6 Å². The number of halogens is 1. The summed E-state index contributed by atoms with van der Waals surface area (Å²) in [6, 6.07) is 8.07. The number of esters is 1. The van der Waals surface area contributed by atoms with Crippen molar-refractivity contribution in [3.8, 4) is 5.75 Å². The van der Waals surface area contributed by atoms with Gasteiger partial charge < -0.3 is 18.8 Å². The third-order valence-electron chi connectivity index (χ3n) is 4.29. The zero-order valence-electron chi connectivity index (χ0n) is 14.6. The van der Waals surface area contributed by atoms with Gasteiger partial charge >= 0.3 is 5.97 Å². The van der Waals surface area contributed by atoms with E-state index >= 15 is 0 Å². The number of hydrogen-bond donors (Lipinski definition) is 0. The second-order valence-corrected chi connectivity index (χ2v) is 6.54. The quantitative estimate of drug-likeness (QED) is 0.533. The van der Waals surface area contributed by atoms with E-state index < -0.39 is 18.5 Å². The topological polar surface area (TPSA) is 86.0 Å². The van der Waals surface area contributed by atoms with E-state index in [1.807, 2.05) is 0 Å². The first kappa shape index (κ1) is 19.0. The van der Waals surface area contributed by atoms with Crippen molar-refractivity contribution in [3.63, 3.8) is 0 Å². The number of amides is 1. The molecule has 0 bridgehead atoms. The van der Waals surface area contributed by atoms with Crippen molar-refractivity contribution in [2.24, 2.45) is 5.92 Å². The first-order chi connectivity index (χ1) is 13.0. The Bertz CT molecular complexity index is 848. The number of carbonyl (C=O) groups excluding carboxylic acids is 3. The molecule has 1 aliphatic rings. The summed E-state index contributed by atoms with van der Waals surface area (Å²) in [7, 11) is 1.47. The Hall–Kier alpha value is -2.80. The Balaban J connectivity index is 1.52. The van der Waals surface area contributed by atoms with Gasteiger partial charge in [0, 0.05) is 18.5 Å². The molecule has 27 heavy (non-hydrogen) atoms. The van der Waals surface area contributed by atoms with E-state index in [4.69, 9.17) is 25.5 Å². The van der Waals surface area contributed by atoms with Crippen LogP contribution >= 0.6 is 11.6 Å². The molecule has 1 saturated heterocycles. The van der Waals surface area contributed by atoms with Gasteiger partial charge in [0.05, 0.1) is 30.9 Å². The Kier molecular flexibility index (Phi) is 5.81. The van der Waals surface area contributed by atoms with Crippen molar-refractivity contribution in [1.29, 1.82) is 0 Å². The molecule has 0 aliphatic carbocycles. The van der Waals surface area contributed by atoms with Gasteiger partial charge in [0.25, 0.3) is 0 Å². The lowest BCUT2D eigenvalue weighted by atomic mass is 10.1.